The van der Waals surface area contributed by atoms with Crippen molar-refractivity contribution in [1.29, 1.82) is 0 Å². The Hall–Kier alpha value is -1.62. The number of hydrogen-bond acceptors (Lipinski definition) is 3. The Morgan fingerprint density at radius 3 is 2.78 bits per heavy atom. The molecule has 1 amide bonds. The van der Waals surface area contributed by atoms with Crippen LogP contribution < -0.4 is 11.1 Å². The predicted molar refractivity (Wildman–Crippen MR) is 70.9 cm³/mol. The normalized spacial score (nSPS) is 12.5. The van der Waals surface area contributed by atoms with Gasteiger partial charge in [-0.15, -0.1) is 0 Å². The second kappa shape index (κ2) is 6.35. The molecule has 0 fully saturated rings. The lowest BCUT2D eigenvalue weighted by molar-refractivity contribution is 0.0933. The van der Waals surface area contributed by atoms with Gasteiger partial charge in [-0.2, -0.15) is 0 Å². The molecule has 1 aromatic carbocycles. The molecule has 0 radical (unpaired) electrons. The van der Waals surface area contributed by atoms with Gasteiger partial charge in [-0.3, -0.25) is 4.79 Å². The van der Waals surface area contributed by atoms with Crippen LogP contribution in [-0.2, 0) is 0 Å². The summed E-state index contributed by atoms with van der Waals surface area (Å²) in [5, 5.41) is 2.76. The van der Waals surface area contributed by atoms with Gasteiger partial charge < -0.3 is 16.0 Å². The van der Waals surface area contributed by atoms with Crippen LogP contribution in [0.1, 0.15) is 23.7 Å². The van der Waals surface area contributed by atoms with Gasteiger partial charge in [0.25, 0.3) is 5.91 Å². The highest BCUT2D eigenvalue weighted by atomic mass is 19.1. The van der Waals surface area contributed by atoms with Gasteiger partial charge in [-0.05, 0) is 52.2 Å². The second-order valence-electron chi connectivity index (χ2n) is 4.71. The number of rotatable bonds is 5. The SMILES string of the molecule is CC(CCN(C)C)NC(=O)c1cc(N)ccc1F. The van der Waals surface area contributed by atoms with Crippen LogP contribution in [0.2, 0.25) is 0 Å². The average Bonchev–Trinajstić information content (AvgIpc) is 2.29. The van der Waals surface area contributed by atoms with Gasteiger partial charge in [0.2, 0.25) is 0 Å². The number of nitrogens with one attached hydrogen (secondary N) is 1. The number of benzene rings is 1. The van der Waals surface area contributed by atoms with E-state index in [1.165, 1.54) is 18.2 Å². The Balaban J connectivity index is 2.62. The van der Waals surface area contributed by atoms with E-state index in [2.05, 4.69) is 5.32 Å². The monoisotopic (exact) mass is 253 g/mol. The van der Waals surface area contributed by atoms with Crippen molar-refractivity contribution in [2.24, 2.45) is 0 Å². The van der Waals surface area contributed by atoms with E-state index < -0.39 is 11.7 Å². The highest BCUT2D eigenvalue weighted by Gasteiger charge is 2.14. The average molecular weight is 253 g/mol. The molecule has 1 rings (SSSR count). The van der Waals surface area contributed by atoms with Crippen molar-refractivity contribution in [3.63, 3.8) is 0 Å². The number of nitrogens with zero attached hydrogens (tertiary/aromatic N) is 1. The lowest BCUT2D eigenvalue weighted by Gasteiger charge is -2.17. The molecular formula is C13H20FN3O. The molecule has 5 heteroatoms. The summed E-state index contributed by atoms with van der Waals surface area (Å²) in [5.74, 6) is -0.979. The van der Waals surface area contributed by atoms with Crippen LogP contribution in [0, 0.1) is 5.82 Å². The Labute approximate surface area is 107 Å². The van der Waals surface area contributed by atoms with E-state index in [-0.39, 0.29) is 11.6 Å². The van der Waals surface area contributed by atoms with Gasteiger partial charge in [0, 0.05) is 11.7 Å². The van der Waals surface area contributed by atoms with E-state index in [9.17, 15) is 9.18 Å². The van der Waals surface area contributed by atoms with E-state index in [1.54, 1.807) is 0 Å². The summed E-state index contributed by atoms with van der Waals surface area (Å²) in [6.07, 6.45) is 0.808. The first-order chi connectivity index (χ1) is 8.40. The van der Waals surface area contributed by atoms with Gasteiger partial charge in [0.1, 0.15) is 5.82 Å². The number of carbonyl (C=O) groups is 1. The van der Waals surface area contributed by atoms with E-state index >= 15 is 0 Å². The molecule has 0 aliphatic carbocycles. The predicted octanol–water partition coefficient (Wildman–Crippen LogP) is 1.48. The summed E-state index contributed by atoms with van der Waals surface area (Å²) in [6, 6.07) is 3.97. The van der Waals surface area contributed by atoms with Crippen LogP contribution >= 0.6 is 0 Å². The number of hydrogen-bond donors (Lipinski definition) is 2. The molecule has 0 saturated heterocycles. The zero-order valence-corrected chi connectivity index (χ0v) is 11.0. The van der Waals surface area contributed by atoms with Gasteiger partial charge in [0.05, 0.1) is 5.56 Å². The molecule has 3 N–H and O–H groups in total. The zero-order valence-electron chi connectivity index (χ0n) is 11.0. The van der Waals surface area contributed by atoms with Crippen molar-refractivity contribution in [3.05, 3.63) is 29.6 Å². The maximum atomic E-state index is 13.5. The summed E-state index contributed by atoms with van der Waals surface area (Å²) in [5.41, 5.74) is 5.91. The molecule has 0 aromatic heterocycles. The lowest BCUT2D eigenvalue weighted by atomic mass is 10.1. The fourth-order valence-electron chi connectivity index (χ4n) is 1.54. The minimum atomic E-state index is -0.554. The fraction of sp³-hybridized carbons (Fsp3) is 0.462. The smallest absolute Gasteiger partial charge is 0.254 e. The Morgan fingerprint density at radius 1 is 1.50 bits per heavy atom. The maximum Gasteiger partial charge on any atom is 0.254 e. The van der Waals surface area contributed by atoms with Crippen LogP contribution in [0.3, 0.4) is 0 Å². The molecule has 1 unspecified atom stereocenters. The number of nitrogens with two attached hydrogens (primary N) is 1. The van der Waals surface area contributed by atoms with Crippen molar-refractivity contribution in [2.45, 2.75) is 19.4 Å². The second-order valence-corrected chi connectivity index (χ2v) is 4.71. The highest BCUT2D eigenvalue weighted by Crippen LogP contribution is 2.12. The van der Waals surface area contributed by atoms with E-state index in [4.69, 9.17) is 5.73 Å². The summed E-state index contributed by atoms with van der Waals surface area (Å²) < 4.78 is 13.5. The summed E-state index contributed by atoms with van der Waals surface area (Å²) in [6.45, 7) is 2.76. The largest absolute Gasteiger partial charge is 0.399 e. The maximum absolute atomic E-state index is 13.5. The number of carbonyl (C=O) groups excluding carboxylic acids is 1. The molecule has 0 heterocycles. The first kappa shape index (κ1) is 14.4. The molecule has 0 bridgehead atoms. The molecule has 0 saturated carbocycles. The van der Waals surface area contributed by atoms with E-state index in [1.807, 2.05) is 25.9 Å². The highest BCUT2D eigenvalue weighted by molar-refractivity contribution is 5.95. The van der Waals surface area contributed by atoms with Crippen LogP contribution in [0.25, 0.3) is 0 Å². The van der Waals surface area contributed by atoms with Crippen LogP contribution in [0.15, 0.2) is 18.2 Å². The number of anilines is 1. The molecule has 1 atom stereocenters. The number of nitrogen functional groups attached to an aromatic ring is 1. The first-order valence-electron chi connectivity index (χ1n) is 5.90. The Kier molecular flexibility index (Phi) is 5.09. The first-order valence-corrected chi connectivity index (χ1v) is 5.90. The molecule has 18 heavy (non-hydrogen) atoms. The van der Waals surface area contributed by atoms with Crippen molar-refractivity contribution >= 4 is 11.6 Å². The minimum Gasteiger partial charge on any atom is -0.399 e. The lowest BCUT2D eigenvalue weighted by Crippen LogP contribution is -2.35. The summed E-state index contributed by atoms with van der Waals surface area (Å²) in [7, 11) is 3.93. The van der Waals surface area contributed by atoms with Crippen LogP contribution in [-0.4, -0.2) is 37.5 Å². The molecule has 4 nitrogen and oxygen atoms in total. The van der Waals surface area contributed by atoms with Crippen LogP contribution in [0.4, 0.5) is 10.1 Å². The van der Waals surface area contributed by atoms with Crippen molar-refractivity contribution in [1.82, 2.24) is 10.2 Å². The molecular weight excluding hydrogens is 233 g/mol. The third-order valence-electron chi connectivity index (χ3n) is 2.62. The quantitative estimate of drug-likeness (QED) is 0.781. The zero-order chi connectivity index (χ0) is 13.7. The van der Waals surface area contributed by atoms with Gasteiger partial charge in [0.15, 0.2) is 0 Å². The Bertz CT molecular complexity index is 421. The molecule has 0 aliphatic rings. The number of halogens is 1. The van der Waals surface area contributed by atoms with Crippen molar-refractivity contribution < 1.29 is 9.18 Å². The van der Waals surface area contributed by atoms with E-state index in [0.717, 1.165) is 13.0 Å². The van der Waals surface area contributed by atoms with Gasteiger partial charge >= 0.3 is 0 Å². The van der Waals surface area contributed by atoms with E-state index in [0.29, 0.717) is 5.69 Å². The Morgan fingerprint density at radius 2 is 2.17 bits per heavy atom. The number of amides is 1. The topological polar surface area (TPSA) is 58.4 Å². The minimum absolute atomic E-state index is 0.00768. The molecule has 100 valence electrons. The van der Waals surface area contributed by atoms with Gasteiger partial charge in [-0.1, -0.05) is 0 Å². The molecule has 0 aliphatic heterocycles. The fourth-order valence-corrected chi connectivity index (χ4v) is 1.54. The summed E-state index contributed by atoms with van der Waals surface area (Å²) in [4.78, 5) is 13.9. The van der Waals surface area contributed by atoms with Crippen molar-refractivity contribution in [3.8, 4) is 0 Å². The molecule has 1 aromatic rings. The summed E-state index contributed by atoms with van der Waals surface area (Å²) >= 11 is 0. The van der Waals surface area contributed by atoms with Gasteiger partial charge in [-0.25, -0.2) is 4.39 Å². The third kappa shape index (κ3) is 4.33. The standard InChI is InChI=1S/C13H20FN3O/c1-9(6-7-17(2)3)16-13(18)11-8-10(15)4-5-12(11)14/h4-5,8-9H,6-7,15H2,1-3H3,(H,16,18). The molecule has 0 spiro atoms. The van der Waals surface area contributed by atoms with Crippen molar-refractivity contribution in [2.75, 3.05) is 26.4 Å². The van der Waals surface area contributed by atoms with Crippen LogP contribution in [0.5, 0.6) is 0 Å². The third-order valence-corrected chi connectivity index (χ3v) is 2.62.